The highest BCUT2D eigenvalue weighted by Gasteiger charge is 2.18. The van der Waals surface area contributed by atoms with Crippen LogP contribution in [0.2, 0.25) is 0 Å². The Hall–Kier alpha value is -1.84. The molecule has 4 nitrogen and oxygen atoms in total. The Bertz CT molecular complexity index is 454. The number of benzene rings is 1. The van der Waals surface area contributed by atoms with E-state index in [1.54, 1.807) is 12.1 Å². The minimum Gasteiger partial charge on any atom is -0.457 e. The molecule has 0 N–H and O–H groups in total. The molecule has 0 aromatic heterocycles. The summed E-state index contributed by atoms with van der Waals surface area (Å²) in [5.74, 6) is -1.50. The lowest BCUT2D eigenvalue weighted by Gasteiger charge is -2.07. The van der Waals surface area contributed by atoms with Crippen LogP contribution >= 0.6 is 0 Å². The first-order valence-corrected chi connectivity index (χ1v) is 7.59. The third kappa shape index (κ3) is 6.93. The summed E-state index contributed by atoms with van der Waals surface area (Å²) in [6.45, 7) is 4.25. The van der Waals surface area contributed by atoms with Crippen molar-refractivity contribution >= 4 is 11.9 Å². The number of rotatable bonds is 8. The Labute approximate surface area is 126 Å². The van der Waals surface area contributed by atoms with E-state index in [0.29, 0.717) is 5.75 Å². The molecule has 0 aliphatic carbocycles. The lowest BCUT2D eigenvalue weighted by Crippen LogP contribution is -2.23. The molecule has 0 aliphatic rings. The van der Waals surface area contributed by atoms with E-state index in [2.05, 4.69) is 6.92 Å². The van der Waals surface area contributed by atoms with Crippen molar-refractivity contribution in [3.05, 3.63) is 29.8 Å². The smallest absolute Gasteiger partial charge is 0.422 e. The molecule has 0 bridgehead atoms. The fourth-order valence-electron chi connectivity index (χ4n) is 1.92. The number of para-hydroxylation sites is 1. The maximum absolute atomic E-state index is 11.6. The maximum Gasteiger partial charge on any atom is 0.422 e. The predicted octanol–water partition coefficient (Wildman–Crippen LogP) is 3.80. The molecule has 1 rings (SSSR count). The lowest BCUT2D eigenvalue weighted by molar-refractivity contribution is -0.162. The number of esters is 2. The molecule has 0 aliphatic heterocycles. The molecular weight excluding hydrogens is 268 g/mol. The van der Waals surface area contributed by atoms with Crippen LogP contribution in [-0.2, 0) is 14.3 Å². The van der Waals surface area contributed by atoms with Crippen LogP contribution < -0.4 is 4.74 Å². The van der Waals surface area contributed by atoms with Crippen LogP contribution in [0.5, 0.6) is 5.75 Å². The van der Waals surface area contributed by atoms with Gasteiger partial charge in [0.15, 0.2) is 0 Å². The van der Waals surface area contributed by atoms with E-state index in [-0.39, 0.29) is 6.61 Å². The summed E-state index contributed by atoms with van der Waals surface area (Å²) in [6.07, 6.45) is 6.59. The Kier molecular flexibility index (Phi) is 8.17. The van der Waals surface area contributed by atoms with Gasteiger partial charge in [-0.2, -0.15) is 0 Å². The highest BCUT2D eigenvalue weighted by atomic mass is 16.6. The first kappa shape index (κ1) is 17.2. The van der Waals surface area contributed by atoms with Crippen molar-refractivity contribution in [2.24, 2.45) is 0 Å². The summed E-state index contributed by atoms with van der Waals surface area (Å²) >= 11 is 0. The minimum atomic E-state index is -0.963. The number of carbonyl (C=O) groups is 2. The van der Waals surface area contributed by atoms with Crippen molar-refractivity contribution in [3.8, 4) is 5.75 Å². The quantitative estimate of drug-likeness (QED) is 0.316. The topological polar surface area (TPSA) is 52.6 Å². The highest BCUT2D eigenvalue weighted by molar-refractivity contribution is 6.30. The first-order valence-electron chi connectivity index (χ1n) is 7.59. The normalized spacial score (nSPS) is 10.2. The second-order valence-corrected chi connectivity index (χ2v) is 5.06. The Morgan fingerprint density at radius 1 is 0.952 bits per heavy atom. The summed E-state index contributed by atoms with van der Waals surface area (Å²) in [5, 5.41) is 0. The van der Waals surface area contributed by atoms with E-state index in [4.69, 9.17) is 9.47 Å². The molecule has 0 atom stereocenters. The van der Waals surface area contributed by atoms with E-state index in [1.807, 2.05) is 19.1 Å². The zero-order valence-corrected chi connectivity index (χ0v) is 12.9. The van der Waals surface area contributed by atoms with Crippen LogP contribution in [0.4, 0.5) is 0 Å². The lowest BCUT2D eigenvalue weighted by atomic mass is 10.1. The summed E-state index contributed by atoms with van der Waals surface area (Å²) in [4.78, 5) is 23.1. The molecule has 0 saturated heterocycles. The molecule has 0 unspecified atom stereocenters. The second-order valence-electron chi connectivity index (χ2n) is 5.06. The molecule has 1 aromatic carbocycles. The summed E-state index contributed by atoms with van der Waals surface area (Å²) in [5.41, 5.74) is 0.801. The van der Waals surface area contributed by atoms with Crippen molar-refractivity contribution in [1.82, 2.24) is 0 Å². The number of hydrogen-bond acceptors (Lipinski definition) is 4. The molecule has 116 valence electrons. The number of hydrogen-bond donors (Lipinski definition) is 0. The van der Waals surface area contributed by atoms with Crippen LogP contribution in [-0.4, -0.2) is 18.5 Å². The van der Waals surface area contributed by atoms with Gasteiger partial charge in [0.2, 0.25) is 0 Å². The van der Waals surface area contributed by atoms with Gasteiger partial charge in [0.25, 0.3) is 0 Å². The van der Waals surface area contributed by atoms with Gasteiger partial charge in [-0.15, -0.1) is 0 Å². The van der Waals surface area contributed by atoms with E-state index in [0.717, 1.165) is 24.8 Å². The molecule has 0 amide bonds. The number of aryl methyl sites for hydroxylation is 1. The number of unbranched alkanes of at least 4 members (excludes halogenated alkanes) is 5. The van der Waals surface area contributed by atoms with Crippen molar-refractivity contribution < 1.29 is 19.1 Å². The Morgan fingerprint density at radius 2 is 1.62 bits per heavy atom. The maximum atomic E-state index is 11.6. The van der Waals surface area contributed by atoms with Gasteiger partial charge >= 0.3 is 11.9 Å². The van der Waals surface area contributed by atoms with Gasteiger partial charge in [-0.25, -0.2) is 9.59 Å². The van der Waals surface area contributed by atoms with E-state index in [1.165, 1.54) is 19.3 Å². The summed E-state index contributed by atoms with van der Waals surface area (Å²) in [7, 11) is 0. The van der Waals surface area contributed by atoms with E-state index in [9.17, 15) is 9.59 Å². The zero-order chi connectivity index (χ0) is 15.5. The van der Waals surface area contributed by atoms with Crippen LogP contribution in [0.15, 0.2) is 24.3 Å². The molecular formula is C17H24O4. The number of carbonyl (C=O) groups excluding carboxylic acids is 2. The molecule has 1 aromatic rings. The second kappa shape index (κ2) is 9.97. The van der Waals surface area contributed by atoms with Gasteiger partial charge in [0.05, 0.1) is 6.61 Å². The largest absolute Gasteiger partial charge is 0.457 e. The zero-order valence-electron chi connectivity index (χ0n) is 12.9. The van der Waals surface area contributed by atoms with Gasteiger partial charge in [0.1, 0.15) is 5.75 Å². The van der Waals surface area contributed by atoms with E-state index >= 15 is 0 Å². The number of ether oxygens (including phenoxy) is 2. The van der Waals surface area contributed by atoms with Crippen LogP contribution in [0, 0.1) is 6.92 Å². The van der Waals surface area contributed by atoms with Crippen molar-refractivity contribution in [1.29, 1.82) is 0 Å². The third-order valence-electron chi connectivity index (χ3n) is 3.19. The van der Waals surface area contributed by atoms with E-state index < -0.39 is 11.9 Å². The van der Waals surface area contributed by atoms with Crippen LogP contribution in [0.3, 0.4) is 0 Å². The molecule has 0 spiro atoms. The fraction of sp³-hybridized carbons (Fsp3) is 0.529. The molecule has 21 heavy (non-hydrogen) atoms. The van der Waals surface area contributed by atoms with Gasteiger partial charge < -0.3 is 9.47 Å². The van der Waals surface area contributed by atoms with Gasteiger partial charge in [-0.3, -0.25) is 0 Å². The predicted molar refractivity (Wildman–Crippen MR) is 81.1 cm³/mol. The minimum absolute atomic E-state index is 0.272. The summed E-state index contributed by atoms with van der Waals surface area (Å²) in [6, 6.07) is 7.04. The standard InChI is InChI=1S/C17H24O4/c1-3-4-5-6-7-10-13-20-16(18)17(19)21-15-12-9-8-11-14(15)2/h8-9,11-12H,3-7,10,13H2,1-2H3. The molecule has 0 saturated carbocycles. The van der Waals surface area contributed by atoms with Crippen molar-refractivity contribution in [3.63, 3.8) is 0 Å². The SMILES string of the molecule is CCCCCCCCOC(=O)C(=O)Oc1ccccc1C. The molecule has 0 radical (unpaired) electrons. The highest BCUT2D eigenvalue weighted by Crippen LogP contribution is 2.16. The summed E-state index contributed by atoms with van der Waals surface area (Å²) < 4.78 is 9.91. The fourth-order valence-corrected chi connectivity index (χ4v) is 1.92. The average molecular weight is 292 g/mol. The molecule has 0 fully saturated rings. The van der Waals surface area contributed by atoms with Crippen LogP contribution in [0.1, 0.15) is 51.0 Å². The first-order chi connectivity index (χ1) is 10.1. The van der Waals surface area contributed by atoms with Gasteiger partial charge in [0, 0.05) is 0 Å². The third-order valence-corrected chi connectivity index (χ3v) is 3.19. The Balaban J connectivity index is 2.20. The monoisotopic (exact) mass is 292 g/mol. The van der Waals surface area contributed by atoms with Gasteiger partial charge in [-0.05, 0) is 25.0 Å². The molecule has 4 heteroatoms. The Morgan fingerprint density at radius 3 is 2.33 bits per heavy atom. The van der Waals surface area contributed by atoms with Gasteiger partial charge in [-0.1, -0.05) is 57.2 Å². The van der Waals surface area contributed by atoms with Crippen LogP contribution in [0.25, 0.3) is 0 Å². The average Bonchev–Trinajstić information content (AvgIpc) is 2.48. The van der Waals surface area contributed by atoms with Crippen molar-refractivity contribution in [2.45, 2.75) is 52.4 Å². The molecule has 0 heterocycles. The van der Waals surface area contributed by atoms with Crippen molar-refractivity contribution in [2.75, 3.05) is 6.61 Å².